The largest absolute Gasteiger partial charge is 1.00 e. The summed E-state index contributed by atoms with van der Waals surface area (Å²) in [4.78, 5) is -0.669. The Labute approximate surface area is 172 Å². The van der Waals surface area contributed by atoms with Crippen molar-refractivity contribution in [1.29, 1.82) is 0 Å². The van der Waals surface area contributed by atoms with E-state index in [-0.39, 0.29) is 45.4 Å². The number of halogens is 2. The molecule has 0 saturated carbocycles. The summed E-state index contributed by atoms with van der Waals surface area (Å²) in [5.74, 6) is -0.786. The smallest absolute Gasteiger partial charge is 0.506 e. The van der Waals surface area contributed by atoms with Gasteiger partial charge in [-0.25, -0.2) is 0 Å². The fourth-order valence-corrected chi connectivity index (χ4v) is 3.28. The summed E-state index contributed by atoms with van der Waals surface area (Å²) in [6, 6.07) is 7.16. The van der Waals surface area contributed by atoms with E-state index in [4.69, 9.17) is 23.2 Å². The van der Waals surface area contributed by atoms with E-state index in [0.717, 1.165) is 6.07 Å². The van der Waals surface area contributed by atoms with E-state index in [1.807, 2.05) is 0 Å². The monoisotopic (exact) mass is 399 g/mol. The fourth-order valence-electron chi connectivity index (χ4n) is 2.19. The van der Waals surface area contributed by atoms with Crippen molar-refractivity contribution in [3.63, 3.8) is 0 Å². The van der Waals surface area contributed by atoms with E-state index in [0.29, 0.717) is 11.1 Å². The molecule has 2 rings (SSSR count). The molecule has 24 heavy (non-hydrogen) atoms. The van der Waals surface area contributed by atoms with Gasteiger partial charge >= 0.3 is 29.6 Å². The Morgan fingerprint density at radius 3 is 2.00 bits per heavy atom. The first kappa shape index (κ1) is 21.6. The quantitative estimate of drug-likeness (QED) is 0.528. The average Bonchev–Trinajstić information content (AvgIpc) is 2.43. The minimum Gasteiger partial charge on any atom is -0.506 e. The first-order chi connectivity index (χ1) is 10.4. The van der Waals surface area contributed by atoms with Crippen LogP contribution in [0.2, 0.25) is 10.0 Å². The molecule has 2 aromatic rings. The number of benzene rings is 2. The molecule has 5 nitrogen and oxygen atoms in total. The van der Waals surface area contributed by atoms with Gasteiger partial charge in [-0.15, -0.1) is 0 Å². The third kappa shape index (κ3) is 4.19. The molecule has 0 fully saturated rings. The van der Waals surface area contributed by atoms with Crippen molar-refractivity contribution in [3.05, 3.63) is 51.5 Å². The fraction of sp³-hybridized carbons (Fsp3) is 0.200. The molecule has 124 valence electrons. The molecule has 0 aromatic heterocycles. The van der Waals surface area contributed by atoms with E-state index >= 15 is 0 Å². The van der Waals surface area contributed by atoms with Crippen LogP contribution >= 0.6 is 23.2 Å². The van der Waals surface area contributed by atoms with Gasteiger partial charge in [0.1, 0.15) is 10.6 Å². The normalized spacial score (nSPS) is 11.9. The van der Waals surface area contributed by atoms with E-state index < -0.39 is 26.2 Å². The zero-order valence-electron chi connectivity index (χ0n) is 13.2. The maximum Gasteiger partial charge on any atom is 1.00 e. The van der Waals surface area contributed by atoms with Gasteiger partial charge in [0, 0.05) is 5.41 Å². The van der Waals surface area contributed by atoms with Crippen molar-refractivity contribution in [3.8, 4) is 11.5 Å². The molecule has 0 atom stereocenters. The second-order valence-corrected chi connectivity index (χ2v) is 7.78. The number of phenols is 2. The summed E-state index contributed by atoms with van der Waals surface area (Å²) in [6.07, 6.45) is 0. The van der Waals surface area contributed by atoms with Gasteiger partial charge in [0.25, 0.3) is 10.1 Å². The molecule has 3 N–H and O–H groups in total. The zero-order chi connectivity index (χ0) is 17.6. The summed E-state index contributed by atoms with van der Waals surface area (Å²) in [7, 11) is -4.64. The average molecular weight is 400 g/mol. The maximum atomic E-state index is 11.4. The second-order valence-electron chi connectivity index (χ2n) is 5.57. The summed E-state index contributed by atoms with van der Waals surface area (Å²) >= 11 is 11.8. The molecule has 0 aliphatic heterocycles. The molecule has 9 heteroatoms. The first-order valence-corrected chi connectivity index (χ1v) is 8.63. The summed E-state index contributed by atoms with van der Waals surface area (Å²) in [6.45, 7) is 3.57. The molecular formula is C15H14Cl2NaO5S+. The molecule has 0 aliphatic carbocycles. The minimum absolute atomic E-state index is 0. The van der Waals surface area contributed by atoms with Gasteiger partial charge in [-0.1, -0.05) is 43.1 Å². The first-order valence-electron chi connectivity index (χ1n) is 6.44. The van der Waals surface area contributed by atoms with Gasteiger partial charge < -0.3 is 10.2 Å². The van der Waals surface area contributed by atoms with E-state index in [1.54, 1.807) is 26.0 Å². The van der Waals surface area contributed by atoms with Gasteiger partial charge in [-0.2, -0.15) is 8.42 Å². The second kappa shape index (κ2) is 7.41. The van der Waals surface area contributed by atoms with Gasteiger partial charge in [0.2, 0.25) is 0 Å². The van der Waals surface area contributed by atoms with Gasteiger partial charge in [-0.3, -0.25) is 4.55 Å². The van der Waals surface area contributed by atoms with Crippen LogP contribution in [0.5, 0.6) is 11.5 Å². The third-order valence-corrected chi connectivity index (χ3v) is 5.16. The van der Waals surface area contributed by atoms with Crippen LogP contribution in [-0.4, -0.2) is 23.2 Å². The Morgan fingerprint density at radius 2 is 1.50 bits per heavy atom. The van der Waals surface area contributed by atoms with Crippen LogP contribution in [0, 0.1) is 0 Å². The van der Waals surface area contributed by atoms with Crippen molar-refractivity contribution in [2.75, 3.05) is 0 Å². The Kier molecular flexibility index (Phi) is 6.66. The van der Waals surface area contributed by atoms with Gasteiger partial charge in [-0.05, 0) is 35.4 Å². The standard InChI is InChI=1S/C15H14Cl2O5S.Na/c1-15(2,8-3-4-12(18)10(16)5-8)9-6-11(17)14(19)13(7-9)23(20,21)22;/h3-7,18-19H,1-2H3,(H,20,21,22);/q;+1. The van der Waals surface area contributed by atoms with E-state index in [9.17, 15) is 23.2 Å². The van der Waals surface area contributed by atoms with Gasteiger partial charge in [0.05, 0.1) is 10.0 Å². The summed E-state index contributed by atoms with van der Waals surface area (Å²) in [5.41, 5.74) is 0.367. The van der Waals surface area contributed by atoms with Crippen LogP contribution in [-0.2, 0) is 15.5 Å². The van der Waals surface area contributed by atoms with Crippen molar-refractivity contribution in [2.45, 2.75) is 24.2 Å². The molecule has 2 aromatic carbocycles. The molecule has 0 radical (unpaired) electrons. The molecule has 0 spiro atoms. The number of phenolic OH excluding ortho intramolecular Hbond substituents is 2. The van der Waals surface area contributed by atoms with Crippen LogP contribution in [0.3, 0.4) is 0 Å². The molecule has 0 heterocycles. The molecular weight excluding hydrogens is 386 g/mol. The predicted molar refractivity (Wildman–Crippen MR) is 88.2 cm³/mol. The minimum atomic E-state index is -4.64. The summed E-state index contributed by atoms with van der Waals surface area (Å²) < 4.78 is 32.0. The van der Waals surface area contributed by atoms with Crippen LogP contribution in [0.25, 0.3) is 0 Å². The van der Waals surface area contributed by atoms with E-state index in [2.05, 4.69) is 0 Å². The van der Waals surface area contributed by atoms with Crippen molar-refractivity contribution in [1.82, 2.24) is 0 Å². The van der Waals surface area contributed by atoms with Crippen molar-refractivity contribution in [2.24, 2.45) is 0 Å². The maximum absolute atomic E-state index is 11.4. The Hall–Kier alpha value is -0.470. The SMILES string of the molecule is CC(C)(c1ccc(O)c(Cl)c1)c1cc(Cl)c(O)c(S(=O)(=O)O)c1.[Na+]. The van der Waals surface area contributed by atoms with Crippen LogP contribution in [0.4, 0.5) is 0 Å². The number of hydrogen-bond donors (Lipinski definition) is 3. The number of hydrogen-bond acceptors (Lipinski definition) is 4. The Bertz CT molecular complexity index is 882. The van der Waals surface area contributed by atoms with Gasteiger partial charge in [0.15, 0.2) is 5.75 Å². The molecule has 0 saturated heterocycles. The van der Waals surface area contributed by atoms with Crippen LogP contribution in [0.15, 0.2) is 35.2 Å². The van der Waals surface area contributed by atoms with Crippen LogP contribution < -0.4 is 29.6 Å². The zero-order valence-corrected chi connectivity index (χ0v) is 17.5. The van der Waals surface area contributed by atoms with Crippen LogP contribution in [0.1, 0.15) is 25.0 Å². The molecule has 0 bridgehead atoms. The molecule has 0 aliphatic rings. The Balaban J connectivity index is 0.00000288. The summed E-state index contributed by atoms with van der Waals surface area (Å²) in [5, 5.41) is 19.2. The van der Waals surface area contributed by atoms with E-state index in [1.165, 1.54) is 12.1 Å². The third-order valence-electron chi connectivity index (χ3n) is 3.70. The number of rotatable bonds is 3. The molecule has 0 amide bonds. The number of aromatic hydroxyl groups is 2. The predicted octanol–water partition coefficient (Wildman–Crippen LogP) is 0.981. The molecule has 0 unspecified atom stereocenters. The topological polar surface area (TPSA) is 94.8 Å². The van der Waals surface area contributed by atoms with Crippen molar-refractivity contribution >= 4 is 33.3 Å². The Morgan fingerprint density at radius 1 is 0.958 bits per heavy atom. The van der Waals surface area contributed by atoms with Crippen molar-refractivity contribution < 1.29 is 52.7 Å².